The largest absolute Gasteiger partial charge is 0.496 e. The number of nitrogens with one attached hydrogen (secondary N) is 1. The fourth-order valence-corrected chi connectivity index (χ4v) is 2.56. The number of benzene rings is 2. The predicted octanol–water partition coefficient (Wildman–Crippen LogP) is 3.44. The summed E-state index contributed by atoms with van der Waals surface area (Å²) in [5, 5.41) is 28.8. The standard InChI is InChI=1S/C15H15BrN2O3.C2H2O4/c1-10-7-12(18(19)20)4-5-14(10)17-9-11-3-6-15(21-2)13(16)8-11;3-1(4)2(5)6/h3-8,17H,9H2,1-2H3;(H,3,4)(H,5,6). The lowest BCUT2D eigenvalue weighted by molar-refractivity contribution is -0.384. The highest BCUT2D eigenvalue weighted by molar-refractivity contribution is 9.10. The summed E-state index contributed by atoms with van der Waals surface area (Å²) in [6.45, 7) is 2.47. The van der Waals surface area contributed by atoms with Crippen molar-refractivity contribution in [2.75, 3.05) is 12.4 Å². The van der Waals surface area contributed by atoms with E-state index >= 15 is 0 Å². The van der Waals surface area contributed by atoms with Crippen LogP contribution in [0.25, 0.3) is 0 Å². The number of nitrogens with zero attached hydrogens (tertiary/aromatic N) is 1. The summed E-state index contributed by atoms with van der Waals surface area (Å²) in [7, 11) is 1.62. The van der Waals surface area contributed by atoms with Crippen molar-refractivity contribution in [3.05, 3.63) is 62.1 Å². The number of aryl methyl sites for hydroxylation is 1. The van der Waals surface area contributed by atoms with Crippen molar-refractivity contribution < 1.29 is 29.5 Å². The Morgan fingerprint density at radius 2 is 1.81 bits per heavy atom. The van der Waals surface area contributed by atoms with E-state index in [1.807, 2.05) is 25.1 Å². The molecular weight excluding hydrogens is 424 g/mol. The zero-order chi connectivity index (χ0) is 20.6. The van der Waals surface area contributed by atoms with E-state index in [2.05, 4.69) is 21.2 Å². The van der Waals surface area contributed by atoms with E-state index in [1.165, 1.54) is 6.07 Å². The lowest BCUT2D eigenvalue weighted by Crippen LogP contribution is -2.09. The van der Waals surface area contributed by atoms with Crippen LogP contribution in [0.5, 0.6) is 5.75 Å². The number of methoxy groups -OCH3 is 1. The average molecular weight is 441 g/mol. The first-order valence-electron chi connectivity index (χ1n) is 7.43. The maximum absolute atomic E-state index is 10.7. The van der Waals surface area contributed by atoms with Crippen LogP contribution in [-0.4, -0.2) is 34.2 Å². The van der Waals surface area contributed by atoms with E-state index in [-0.39, 0.29) is 5.69 Å². The normalized spacial score (nSPS) is 9.59. The number of carboxylic acids is 2. The van der Waals surface area contributed by atoms with Crippen molar-refractivity contribution in [3.8, 4) is 5.75 Å². The van der Waals surface area contributed by atoms with Crippen LogP contribution in [0.1, 0.15) is 11.1 Å². The second kappa shape index (κ2) is 10.1. The Morgan fingerprint density at radius 3 is 2.26 bits per heavy atom. The maximum Gasteiger partial charge on any atom is 0.414 e. The number of carbonyl (C=O) groups is 2. The third-order valence-electron chi connectivity index (χ3n) is 3.30. The Kier molecular flexibility index (Phi) is 8.21. The molecule has 0 spiro atoms. The molecule has 0 aliphatic rings. The van der Waals surface area contributed by atoms with Crippen LogP contribution in [0.3, 0.4) is 0 Å². The molecule has 0 aliphatic carbocycles. The molecule has 10 heteroatoms. The van der Waals surface area contributed by atoms with Gasteiger partial charge in [-0.3, -0.25) is 10.1 Å². The van der Waals surface area contributed by atoms with E-state index in [0.29, 0.717) is 6.54 Å². The van der Waals surface area contributed by atoms with Crippen LogP contribution >= 0.6 is 15.9 Å². The van der Waals surface area contributed by atoms with Crippen molar-refractivity contribution in [2.24, 2.45) is 0 Å². The van der Waals surface area contributed by atoms with Gasteiger partial charge >= 0.3 is 11.9 Å². The number of carboxylic acid groups (broad SMARTS) is 2. The van der Waals surface area contributed by atoms with Gasteiger partial charge in [0, 0.05) is 24.4 Å². The number of non-ortho nitro benzene ring substituents is 1. The van der Waals surface area contributed by atoms with Gasteiger partial charge in [-0.25, -0.2) is 9.59 Å². The zero-order valence-electron chi connectivity index (χ0n) is 14.4. The molecular formula is C17H17BrN2O7. The van der Waals surface area contributed by atoms with Crippen LogP contribution in [0.2, 0.25) is 0 Å². The molecule has 0 amide bonds. The second-order valence-electron chi connectivity index (χ2n) is 5.19. The molecule has 2 aromatic rings. The predicted molar refractivity (Wildman–Crippen MR) is 101 cm³/mol. The number of rotatable bonds is 5. The molecule has 0 heterocycles. The molecule has 144 valence electrons. The second-order valence-corrected chi connectivity index (χ2v) is 6.04. The molecule has 0 atom stereocenters. The Bertz CT molecular complexity index is 843. The number of hydrogen-bond donors (Lipinski definition) is 3. The van der Waals surface area contributed by atoms with Gasteiger partial charge in [-0.15, -0.1) is 0 Å². The molecule has 3 N–H and O–H groups in total. The Morgan fingerprint density at radius 1 is 1.19 bits per heavy atom. The zero-order valence-corrected chi connectivity index (χ0v) is 16.0. The fraction of sp³-hybridized carbons (Fsp3) is 0.176. The SMILES string of the molecule is COc1ccc(CNc2ccc([N+](=O)[O-])cc2C)cc1Br.O=C(O)C(=O)O. The minimum absolute atomic E-state index is 0.102. The number of nitro groups is 1. The summed E-state index contributed by atoms with van der Waals surface area (Å²) in [6.07, 6.45) is 0. The molecule has 9 nitrogen and oxygen atoms in total. The van der Waals surface area contributed by atoms with E-state index in [0.717, 1.165) is 27.0 Å². The lowest BCUT2D eigenvalue weighted by atomic mass is 10.1. The number of hydrogen-bond acceptors (Lipinski definition) is 6. The van der Waals surface area contributed by atoms with Crippen LogP contribution in [0, 0.1) is 17.0 Å². The molecule has 0 unspecified atom stereocenters. The van der Waals surface area contributed by atoms with Crippen molar-refractivity contribution in [1.82, 2.24) is 0 Å². The van der Waals surface area contributed by atoms with Crippen LogP contribution < -0.4 is 10.1 Å². The molecule has 2 aromatic carbocycles. The molecule has 27 heavy (non-hydrogen) atoms. The van der Waals surface area contributed by atoms with Gasteiger partial charge in [0.2, 0.25) is 0 Å². The van der Waals surface area contributed by atoms with Gasteiger partial charge in [0.05, 0.1) is 16.5 Å². The lowest BCUT2D eigenvalue weighted by Gasteiger charge is -2.11. The number of nitro benzene ring substituents is 1. The first-order chi connectivity index (χ1) is 12.6. The van der Waals surface area contributed by atoms with Crippen molar-refractivity contribution in [3.63, 3.8) is 0 Å². The molecule has 0 bridgehead atoms. The fourth-order valence-electron chi connectivity index (χ4n) is 1.98. The molecule has 0 saturated carbocycles. The molecule has 2 rings (SSSR count). The molecule has 0 saturated heterocycles. The quantitative estimate of drug-likeness (QED) is 0.364. The summed E-state index contributed by atoms with van der Waals surface area (Å²) in [6, 6.07) is 10.6. The third-order valence-corrected chi connectivity index (χ3v) is 3.92. The summed E-state index contributed by atoms with van der Waals surface area (Å²) >= 11 is 3.45. The summed E-state index contributed by atoms with van der Waals surface area (Å²) in [5.41, 5.74) is 2.91. The Hall–Kier alpha value is -3.14. The smallest absolute Gasteiger partial charge is 0.414 e. The van der Waals surface area contributed by atoms with Gasteiger partial charge in [0.1, 0.15) is 5.75 Å². The molecule has 0 aliphatic heterocycles. The topological polar surface area (TPSA) is 139 Å². The number of anilines is 1. The monoisotopic (exact) mass is 440 g/mol. The summed E-state index contributed by atoms with van der Waals surface area (Å²) in [5.74, 6) is -2.87. The van der Waals surface area contributed by atoms with E-state index in [4.69, 9.17) is 24.5 Å². The highest BCUT2D eigenvalue weighted by Crippen LogP contribution is 2.26. The van der Waals surface area contributed by atoms with Crippen molar-refractivity contribution in [2.45, 2.75) is 13.5 Å². The van der Waals surface area contributed by atoms with Gasteiger partial charge < -0.3 is 20.3 Å². The number of ether oxygens (including phenoxy) is 1. The van der Waals surface area contributed by atoms with Crippen LogP contribution in [-0.2, 0) is 16.1 Å². The van der Waals surface area contributed by atoms with Gasteiger partial charge in [-0.1, -0.05) is 6.07 Å². The minimum atomic E-state index is -1.82. The van der Waals surface area contributed by atoms with E-state index in [9.17, 15) is 10.1 Å². The third kappa shape index (κ3) is 6.94. The van der Waals surface area contributed by atoms with Gasteiger partial charge in [-0.05, 0) is 52.2 Å². The van der Waals surface area contributed by atoms with Gasteiger partial charge in [0.15, 0.2) is 0 Å². The number of halogens is 1. The highest BCUT2D eigenvalue weighted by atomic mass is 79.9. The Labute approximate surface area is 162 Å². The first-order valence-corrected chi connectivity index (χ1v) is 8.22. The first kappa shape index (κ1) is 21.9. The molecule has 0 fully saturated rings. The van der Waals surface area contributed by atoms with Crippen LogP contribution in [0.4, 0.5) is 11.4 Å². The minimum Gasteiger partial charge on any atom is -0.496 e. The average Bonchev–Trinajstić information content (AvgIpc) is 2.61. The van der Waals surface area contributed by atoms with E-state index < -0.39 is 16.9 Å². The summed E-state index contributed by atoms with van der Waals surface area (Å²) in [4.78, 5) is 28.5. The molecule has 0 aromatic heterocycles. The number of aliphatic carboxylic acids is 2. The highest BCUT2D eigenvalue weighted by Gasteiger charge is 2.08. The Balaban J connectivity index is 0.000000527. The van der Waals surface area contributed by atoms with Crippen LogP contribution in [0.15, 0.2) is 40.9 Å². The molecule has 0 radical (unpaired) electrons. The van der Waals surface area contributed by atoms with Gasteiger partial charge in [-0.2, -0.15) is 0 Å². The van der Waals surface area contributed by atoms with E-state index in [1.54, 1.807) is 19.2 Å². The maximum atomic E-state index is 10.7. The van der Waals surface area contributed by atoms with Crippen molar-refractivity contribution in [1.29, 1.82) is 0 Å². The van der Waals surface area contributed by atoms with Gasteiger partial charge in [0.25, 0.3) is 5.69 Å². The van der Waals surface area contributed by atoms with Crippen molar-refractivity contribution >= 4 is 39.2 Å². The summed E-state index contributed by atoms with van der Waals surface area (Å²) < 4.78 is 6.08.